The summed E-state index contributed by atoms with van der Waals surface area (Å²) in [6.45, 7) is 0.585. The van der Waals surface area contributed by atoms with Crippen LogP contribution in [0.5, 0.6) is 0 Å². The van der Waals surface area contributed by atoms with Gasteiger partial charge in [-0.15, -0.1) is 0 Å². The first kappa shape index (κ1) is 23.2. The zero-order valence-electron chi connectivity index (χ0n) is 18.2. The number of hydrogen-bond acceptors (Lipinski definition) is 3. The number of benzene rings is 4. The number of rotatable bonds is 3. The number of anilines is 4. The number of nitrogens with zero attached hydrogens (tertiary/aromatic N) is 1. The smallest absolute Gasteiger partial charge is 0.264 e. The lowest BCUT2D eigenvalue weighted by molar-refractivity contribution is 0.0997. The number of nitrogens with one attached hydrogen (secondary N) is 2. The van der Waals surface area contributed by atoms with Crippen LogP contribution in [0.25, 0.3) is 0 Å². The van der Waals surface area contributed by atoms with Crippen molar-refractivity contribution in [2.24, 2.45) is 0 Å². The van der Waals surface area contributed by atoms with Crippen LogP contribution < -0.4 is 15.5 Å². The van der Waals surface area contributed by atoms with E-state index in [-0.39, 0.29) is 26.5 Å². The molecule has 8 heteroatoms. The van der Waals surface area contributed by atoms with Crippen molar-refractivity contribution < 1.29 is 9.59 Å². The lowest BCUT2D eigenvalue weighted by atomic mass is 10.1. The van der Waals surface area contributed by atoms with Crippen LogP contribution in [-0.2, 0) is 6.54 Å². The first-order valence-corrected chi connectivity index (χ1v) is 11.9. The third kappa shape index (κ3) is 4.46. The van der Waals surface area contributed by atoms with E-state index in [2.05, 4.69) is 10.6 Å². The molecule has 0 aliphatic carbocycles. The second-order valence-electron chi connectivity index (χ2n) is 7.89. The van der Waals surface area contributed by atoms with Gasteiger partial charge in [0.05, 0.1) is 43.3 Å². The normalized spacial score (nSPS) is 12.1. The van der Waals surface area contributed by atoms with E-state index in [0.717, 1.165) is 22.6 Å². The predicted molar refractivity (Wildman–Crippen MR) is 143 cm³/mol. The summed E-state index contributed by atoms with van der Waals surface area (Å²) in [4.78, 5) is 28.2. The van der Waals surface area contributed by atoms with Crippen molar-refractivity contribution in [2.75, 3.05) is 15.5 Å². The highest BCUT2D eigenvalue weighted by atomic mass is 35.5. The number of fused-ring (bicyclic) bond motifs is 2. The van der Waals surface area contributed by atoms with E-state index in [0.29, 0.717) is 17.8 Å². The molecule has 4 aromatic rings. The maximum atomic E-state index is 13.8. The Morgan fingerprint density at radius 2 is 1.51 bits per heavy atom. The highest BCUT2D eigenvalue weighted by molar-refractivity contribution is 6.44. The molecule has 1 heterocycles. The molecule has 0 aromatic heterocycles. The van der Waals surface area contributed by atoms with Gasteiger partial charge in [-0.3, -0.25) is 14.5 Å². The molecule has 0 spiro atoms. The summed E-state index contributed by atoms with van der Waals surface area (Å²) < 4.78 is 0. The van der Waals surface area contributed by atoms with Gasteiger partial charge in [-0.25, -0.2) is 0 Å². The van der Waals surface area contributed by atoms with Crippen LogP contribution in [-0.4, -0.2) is 11.8 Å². The molecule has 174 valence electrons. The fourth-order valence-electron chi connectivity index (χ4n) is 4.00. The van der Waals surface area contributed by atoms with Crippen LogP contribution in [0.1, 0.15) is 26.3 Å². The molecule has 0 radical (unpaired) electrons. The molecule has 2 N–H and O–H groups in total. The van der Waals surface area contributed by atoms with Gasteiger partial charge in [0, 0.05) is 12.2 Å². The molecule has 0 unspecified atom stereocenters. The van der Waals surface area contributed by atoms with Gasteiger partial charge in [0.2, 0.25) is 0 Å². The molecule has 0 fully saturated rings. The van der Waals surface area contributed by atoms with E-state index in [4.69, 9.17) is 34.8 Å². The largest absolute Gasteiger partial charge is 0.379 e. The Morgan fingerprint density at radius 3 is 2.31 bits per heavy atom. The van der Waals surface area contributed by atoms with Gasteiger partial charge < -0.3 is 10.6 Å². The van der Waals surface area contributed by atoms with Crippen molar-refractivity contribution in [1.82, 2.24) is 0 Å². The minimum Gasteiger partial charge on any atom is -0.379 e. The summed E-state index contributed by atoms with van der Waals surface area (Å²) in [6.07, 6.45) is 0. The number of para-hydroxylation sites is 3. The molecule has 1 aliphatic rings. The van der Waals surface area contributed by atoms with Gasteiger partial charge in [0.25, 0.3) is 11.8 Å². The molecule has 5 nitrogen and oxygen atoms in total. The summed E-state index contributed by atoms with van der Waals surface area (Å²) in [5.74, 6) is -0.719. The molecule has 5 rings (SSSR count). The Labute approximate surface area is 217 Å². The van der Waals surface area contributed by atoms with Crippen LogP contribution in [0.4, 0.5) is 22.7 Å². The third-order valence-electron chi connectivity index (χ3n) is 5.70. The Kier molecular flexibility index (Phi) is 6.39. The SMILES string of the molecule is O=C(Nc1ccc(C(=O)N2c3ccccc3CNc3ccccc32)c(Cl)c1)c1cccc(Cl)c1Cl. The van der Waals surface area contributed by atoms with Crippen LogP contribution in [0, 0.1) is 0 Å². The second kappa shape index (κ2) is 9.62. The summed E-state index contributed by atoms with van der Waals surface area (Å²) in [5.41, 5.74) is 4.29. The fraction of sp³-hybridized carbons (Fsp3) is 0.0370. The molecule has 0 saturated carbocycles. The molecular weight excluding hydrogens is 505 g/mol. The van der Waals surface area contributed by atoms with Crippen molar-refractivity contribution in [3.8, 4) is 0 Å². The van der Waals surface area contributed by atoms with E-state index < -0.39 is 5.91 Å². The lowest BCUT2D eigenvalue weighted by Gasteiger charge is -2.25. The van der Waals surface area contributed by atoms with Crippen molar-refractivity contribution >= 4 is 69.4 Å². The van der Waals surface area contributed by atoms with E-state index in [1.54, 1.807) is 41.3 Å². The number of amides is 2. The average molecular weight is 523 g/mol. The molecule has 4 aromatic carbocycles. The van der Waals surface area contributed by atoms with E-state index >= 15 is 0 Å². The number of carbonyl (C=O) groups excluding carboxylic acids is 2. The fourth-order valence-corrected chi connectivity index (χ4v) is 4.65. The zero-order valence-corrected chi connectivity index (χ0v) is 20.5. The standard InChI is InChI=1S/C27H18Cl3N3O2/c28-20-8-5-7-19(25(20)30)26(34)32-17-12-13-18(21(29)14-17)27(35)33-23-10-3-1-6-16(23)15-31-22-9-2-4-11-24(22)33/h1-14,31H,15H2,(H,32,34). The Hall–Kier alpha value is -3.51. The van der Waals surface area contributed by atoms with Crippen molar-refractivity contribution in [3.05, 3.63) is 117 Å². The van der Waals surface area contributed by atoms with Crippen molar-refractivity contribution in [2.45, 2.75) is 6.54 Å². The maximum Gasteiger partial charge on any atom is 0.264 e. The van der Waals surface area contributed by atoms with E-state index in [9.17, 15) is 9.59 Å². The third-order valence-corrected chi connectivity index (χ3v) is 6.84. The molecule has 2 amide bonds. The van der Waals surface area contributed by atoms with Crippen LogP contribution >= 0.6 is 34.8 Å². The van der Waals surface area contributed by atoms with Crippen LogP contribution in [0.2, 0.25) is 15.1 Å². The van der Waals surface area contributed by atoms with Gasteiger partial charge in [0.1, 0.15) is 0 Å². The van der Waals surface area contributed by atoms with Crippen molar-refractivity contribution in [1.29, 1.82) is 0 Å². The predicted octanol–water partition coefficient (Wildman–Crippen LogP) is 7.80. The van der Waals surface area contributed by atoms with Gasteiger partial charge in [-0.2, -0.15) is 0 Å². The highest BCUT2D eigenvalue weighted by Crippen LogP contribution is 2.39. The number of hydrogen-bond donors (Lipinski definition) is 2. The highest BCUT2D eigenvalue weighted by Gasteiger charge is 2.28. The minimum absolute atomic E-state index is 0.164. The molecule has 1 aliphatic heterocycles. The maximum absolute atomic E-state index is 13.8. The minimum atomic E-state index is -0.436. The quantitative estimate of drug-likeness (QED) is 0.288. The molecule has 0 bridgehead atoms. The monoisotopic (exact) mass is 521 g/mol. The van der Waals surface area contributed by atoms with Gasteiger partial charge >= 0.3 is 0 Å². The van der Waals surface area contributed by atoms with Crippen LogP contribution in [0.3, 0.4) is 0 Å². The summed E-state index contributed by atoms with van der Waals surface area (Å²) in [7, 11) is 0. The van der Waals surface area contributed by atoms with Crippen molar-refractivity contribution in [3.63, 3.8) is 0 Å². The van der Waals surface area contributed by atoms with Gasteiger partial charge in [-0.1, -0.05) is 71.2 Å². The Morgan fingerprint density at radius 1 is 0.771 bits per heavy atom. The molecular formula is C27H18Cl3N3O2. The van der Waals surface area contributed by atoms with E-state index in [1.807, 2.05) is 48.5 Å². The summed E-state index contributed by atoms with van der Waals surface area (Å²) in [5, 5.41) is 6.80. The average Bonchev–Trinajstić information content (AvgIpc) is 3.02. The summed E-state index contributed by atoms with van der Waals surface area (Å²) >= 11 is 18.7. The number of carbonyl (C=O) groups is 2. The first-order valence-electron chi connectivity index (χ1n) is 10.7. The summed E-state index contributed by atoms with van der Waals surface area (Å²) in [6, 6.07) is 24.9. The number of halogens is 3. The van der Waals surface area contributed by atoms with E-state index in [1.165, 1.54) is 0 Å². The molecule has 35 heavy (non-hydrogen) atoms. The Bertz CT molecular complexity index is 1420. The van der Waals surface area contributed by atoms with Gasteiger partial charge in [0.15, 0.2) is 0 Å². The first-order chi connectivity index (χ1) is 16.9. The van der Waals surface area contributed by atoms with Crippen LogP contribution in [0.15, 0.2) is 84.9 Å². The molecule has 0 atom stereocenters. The lowest BCUT2D eigenvalue weighted by Crippen LogP contribution is -2.26. The molecule has 0 saturated heterocycles. The zero-order chi connectivity index (χ0) is 24.5. The Balaban J connectivity index is 1.48. The topological polar surface area (TPSA) is 61.4 Å². The second-order valence-corrected chi connectivity index (χ2v) is 9.08. The van der Waals surface area contributed by atoms with Gasteiger partial charge in [-0.05, 0) is 54.1 Å².